The van der Waals surface area contributed by atoms with E-state index in [-0.39, 0.29) is 6.10 Å². The number of aliphatic hydroxyl groups excluding tert-OH is 1. The third-order valence-corrected chi connectivity index (χ3v) is 8.91. The monoisotopic (exact) mass is 328 g/mol. The highest BCUT2D eigenvalue weighted by atomic mass is 16.3. The highest BCUT2D eigenvalue weighted by Crippen LogP contribution is 2.65. The lowest BCUT2D eigenvalue weighted by Gasteiger charge is -2.62. The molecular formula is C23H36O. The largest absolute Gasteiger partial charge is 0.393 e. The topological polar surface area (TPSA) is 20.2 Å². The van der Waals surface area contributed by atoms with Gasteiger partial charge in [0.2, 0.25) is 0 Å². The van der Waals surface area contributed by atoms with Gasteiger partial charge >= 0.3 is 0 Å². The second-order valence-corrected chi connectivity index (χ2v) is 10.0. The third-order valence-electron chi connectivity index (χ3n) is 8.91. The molecule has 4 aliphatic rings. The van der Waals surface area contributed by atoms with Crippen molar-refractivity contribution in [2.75, 3.05) is 0 Å². The van der Waals surface area contributed by atoms with Gasteiger partial charge in [0.25, 0.3) is 0 Å². The van der Waals surface area contributed by atoms with Crippen molar-refractivity contribution in [1.82, 2.24) is 0 Å². The van der Waals surface area contributed by atoms with E-state index in [9.17, 15) is 5.11 Å². The highest BCUT2D eigenvalue weighted by Gasteiger charge is 2.57. The number of allylic oxidation sites excluding steroid dienone is 2. The summed E-state index contributed by atoms with van der Waals surface area (Å²) in [6, 6.07) is 0. The molecule has 1 nitrogen and oxygen atoms in total. The summed E-state index contributed by atoms with van der Waals surface area (Å²) in [6.07, 6.45) is 13.9. The first-order valence-corrected chi connectivity index (χ1v) is 10.4. The Bertz CT molecular complexity index is 560. The maximum absolute atomic E-state index is 10.1. The first-order valence-electron chi connectivity index (χ1n) is 10.4. The van der Waals surface area contributed by atoms with Crippen LogP contribution in [0.2, 0.25) is 0 Å². The van der Waals surface area contributed by atoms with E-state index in [0.717, 1.165) is 36.5 Å². The molecule has 1 N–H and O–H groups in total. The molecule has 0 bridgehead atoms. The number of hydrogen-bond acceptors (Lipinski definition) is 1. The van der Waals surface area contributed by atoms with Gasteiger partial charge < -0.3 is 5.11 Å². The second kappa shape index (κ2) is 5.73. The first kappa shape index (κ1) is 16.9. The molecule has 3 fully saturated rings. The summed E-state index contributed by atoms with van der Waals surface area (Å²) < 4.78 is 0. The molecule has 3 saturated carbocycles. The van der Waals surface area contributed by atoms with Crippen molar-refractivity contribution in [3.8, 4) is 0 Å². The normalized spacial score (nSPS) is 51.0. The van der Waals surface area contributed by atoms with Crippen molar-refractivity contribution in [3.63, 3.8) is 0 Å². The highest BCUT2D eigenvalue weighted by molar-refractivity contribution is 5.25. The van der Waals surface area contributed by atoms with Gasteiger partial charge in [-0.15, -0.1) is 0 Å². The average Bonchev–Trinajstić information content (AvgIpc) is 2.54. The molecule has 0 spiro atoms. The van der Waals surface area contributed by atoms with Crippen molar-refractivity contribution >= 4 is 0 Å². The van der Waals surface area contributed by atoms with Crippen molar-refractivity contribution in [2.24, 2.45) is 34.5 Å². The van der Waals surface area contributed by atoms with Gasteiger partial charge in [-0.05, 0) is 92.8 Å². The molecule has 0 aromatic carbocycles. The van der Waals surface area contributed by atoms with Crippen LogP contribution < -0.4 is 0 Å². The van der Waals surface area contributed by atoms with E-state index in [1.807, 2.05) is 0 Å². The maximum atomic E-state index is 10.1. The van der Waals surface area contributed by atoms with Crippen LogP contribution in [0, 0.1) is 34.5 Å². The Labute approximate surface area is 148 Å². The third kappa shape index (κ3) is 2.30. The van der Waals surface area contributed by atoms with E-state index in [0.29, 0.717) is 10.8 Å². The van der Waals surface area contributed by atoms with Crippen LogP contribution in [0.15, 0.2) is 23.8 Å². The van der Waals surface area contributed by atoms with E-state index in [1.165, 1.54) is 50.5 Å². The SMILES string of the molecule is C=C(C)[C@H]1CCC[C@H]2[C@@H]3CC=C4C[C@@H](O)CC[C@]4(C)[C@H]3CC[C@]12C. The van der Waals surface area contributed by atoms with Gasteiger partial charge in [0.1, 0.15) is 0 Å². The van der Waals surface area contributed by atoms with E-state index in [2.05, 4.69) is 33.4 Å². The molecule has 134 valence electrons. The van der Waals surface area contributed by atoms with Crippen LogP contribution in [0.3, 0.4) is 0 Å². The van der Waals surface area contributed by atoms with Crippen molar-refractivity contribution in [3.05, 3.63) is 23.8 Å². The molecular weight excluding hydrogens is 292 g/mol. The molecule has 0 saturated heterocycles. The quantitative estimate of drug-likeness (QED) is 0.595. The lowest BCUT2D eigenvalue weighted by Crippen LogP contribution is -2.54. The van der Waals surface area contributed by atoms with Crippen LogP contribution in [0.25, 0.3) is 0 Å². The minimum atomic E-state index is -0.0859. The van der Waals surface area contributed by atoms with E-state index in [4.69, 9.17) is 0 Å². The summed E-state index contributed by atoms with van der Waals surface area (Å²) in [5.74, 6) is 3.35. The molecule has 0 heterocycles. The second-order valence-electron chi connectivity index (χ2n) is 10.0. The smallest absolute Gasteiger partial charge is 0.0577 e. The van der Waals surface area contributed by atoms with Crippen molar-refractivity contribution in [2.45, 2.75) is 84.7 Å². The number of hydrogen-bond donors (Lipinski definition) is 1. The van der Waals surface area contributed by atoms with Crippen LogP contribution in [-0.2, 0) is 0 Å². The Hall–Kier alpha value is -0.560. The van der Waals surface area contributed by atoms with Crippen LogP contribution in [0.4, 0.5) is 0 Å². The van der Waals surface area contributed by atoms with Gasteiger partial charge in [-0.2, -0.15) is 0 Å². The van der Waals surface area contributed by atoms with Gasteiger partial charge in [0.05, 0.1) is 6.10 Å². The molecule has 0 unspecified atom stereocenters. The number of rotatable bonds is 1. The molecule has 0 amide bonds. The molecule has 0 radical (unpaired) electrons. The fourth-order valence-corrected chi connectivity index (χ4v) is 7.65. The zero-order valence-corrected chi connectivity index (χ0v) is 16.0. The Balaban J connectivity index is 1.67. The van der Waals surface area contributed by atoms with E-state index >= 15 is 0 Å². The van der Waals surface area contributed by atoms with Crippen LogP contribution in [0.1, 0.15) is 78.6 Å². The number of fused-ring (bicyclic) bond motifs is 5. The van der Waals surface area contributed by atoms with Crippen molar-refractivity contribution < 1.29 is 5.11 Å². The van der Waals surface area contributed by atoms with E-state index < -0.39 is 0 Å². The van der Waals surface area contributed by atoms with Gasteiger partial charge in [0.15, 0.2) is 0 Å². The molecule has 1 heteroatoms. The average molecular weight is 329 g/mol. The van der Waals surface area contributed by atoms with Gasteiger partial charge in [-0.1, -0.05) is 44.1 Å². The summed E-state index contributed by atoms with van der Waals surface area (Å²) in [5.41, 5.74) is 3.89. The lowest BCUT2D eigenvalue weighted by atomic mass is 9.43. The molecule has 0 aromatic rings. The summed E-state index contributed by atoms with van der Waals surface area (Å²) in [5, 5.41) is 10.1. The Kier molecular flexibility index (Phi) is 4.03. The molecule has 4 aliphatic carbocycles. The summed E-state index contributed by atoms with van der Waals surface area (Å²) >= 11 is 0. The molecule has 0 aliphatic heterocycles. The van der Waals surface area contributed by atoms with Crippen LogP contribution in [0.5, 0.6) is 0 Å². The van der Waals surface area contributed by atoms with Gasteiger partial charge in [-0.3, -0.25) is 0 Å². The summed E-state index contributed by atoms with van der Waals surface area (Å²) in [7, 11) is 0. The Morgan fingerprint density at radius 2 is 1.92 bits per heavy atom. The van der Waals surface area contributed by atoms with Gasteiger partial charge in [-0.25, -0.2) is 0 Å². The predicted octanol–water partition coefficient (Wildman–Crippen LogP) is 5.89. The molecule has 0 aromatic heterocycles. The zero-order valence-electron chi connectivity index (χ0n) is 16.0. The Morgan fingerprint density at radius 3 is 2.67 bits per heavy atom. The van der Waals surface area contributed by atoms with E-state index in [1.54, 1.807) is 5.57 Å². The molecule has 4 rings (SSSR count). The van der Waals surface area contributed by atoms with Crippen molar-refractivity contribution in [1.29, 1.82) is 0 Å². The Morgan fingerprint density at radius 1 is 1.12 bits per heavy atom. The maximum Gasteiger partial charge on any atom is 0.0577 e. The van der Waals surface area contributed by atoms with Crippen LogP contribution >= 0.6 is 0 Å². The first-order chi connectivity index (χ1) is 11.4. The molecule has 7 atom stereocenters. The minimum Gasteiger partial charge on any atom is -0.393 e. The zero-order chi connectivity index (χ0) is 17.1. The molecule has 24 heavy (non-hydrogen) atoms. The number of aliphatic hydroxyl groups is 1. The fraction of sp³-hybridized carbons (Fsp3) is 0.826. The van der Waals surface area contributed by atoms with Gasteiger partial charge in [0, 0.05) is 0 Å². The van der Waals surface area contributed by atoms with Crippen LogP contribution in [-0.4, -0.2) is 11.2 Å². The minimum absolute atomic E-state index is 0.0859. The standard InChI is InChI=1S/C23H36O/c1-15(2)19-6-5-7-20-18-9-8-16-14-17(24)10-12-22(16,3)21(18)11-13-23(19,20)4/h8,17-21,24H,1,5-7,9-14H2,2-4H3/t17-,18-,19+,20-,21-,22-,23+/m0/s1. The lowest BCUT2D eigenvalue weighted by molar-refractivity contribution is -0.0886. The fourth-order valence-electron chi connectivity index (χ4n) is 7.65. The summed E-state index contributed by atoms with van der Waals surface area (Å²) in [6.45, 7) is 11.8. The predicted molar refractivity (Wildman–Crippen MR) is 101 cm³/mol. The summed E-state index contributed by atoms with van der Waals surface area (Å²) in [4.78, 5) is 0.